The number of thiazole rings is 1. The molecule has 4 rings (SSSR count). The molecule has 0 saturated carbocycles. The fraction of sp³-hybridized carbons (Fsp3) is 0.158. The number of benzene rings is 2. The molecule has 124 valence electrons. The van der Waals surface area contributed by atoms with Gasteiger partial charge in [-0.3, -0.25) is 4.79 Å². The lowest BCUT2D eigenvalue weighted by Gasteiger charge is -2.23. The zero-order valence-corrected chi connectivity index (χ0v) is 14.0. The summed E-state index contributed by atoms with van der Waals surface area (Å²) in [6, 6.07) is 15.1. The van der Waals surface area contributed by atoms with E-state index in [0.29, 0.717) is 22.8 Å². The van der Waals surface area contributed by atoms with Gasteiger partial charge in [0.15, 0.2) is 16.3 Å². The molecule has 6 heteroatoms. The van der Waals surface area contributed by atoms with Crippen LogP contribution in [0.25, 0.3) is 10.2 Å². The van der Waals surface area contributed by atoms with Crippen LogP contribution in [0.2, 0.25) is 0 Å². The zero-order chi connectivity index (χ0) is 17.2. The Hall–Kier alpha value is -3.04. The van der Waals surface area contributed by atoms with Gasteiger partial charge in [0.2, 0.25) is 6.10 Å². The molecule has 0 saturated heterocycles. The van der Waals surface area contributed by atoms with Crippen molar-refractivity contribution in [1.82, 2.24) is 4.57 Å². The Morgan fingerprint density at radius 2 is 2.00 bits per heavy atom. The third-order valence-electron chi connectivity index (χ3n) is 3.83. The summed E-state index contributed by atoms with van der Waals surface area (Å²) >= 11 is 1.43. The zero-order valence-electron chi connectivity index (χ0n) is 13.2. The number of hydrogen-bond donors (Lipinski definition) is 0. The molecular weight excluding hydrogens is 336 g/mol. The maximum absolute atomic E-state index is 12.6. The van der Waals surface area contributed by atoms with E-state index in [-0.39, 0.29) is 12.5 Å². The monoisotopic (exact) mass is 350 g/mol. The highest BCUT2D eigenvalue weighted by Gasteiger charge is 2.27. The van der Waals surface area contributed by atoms with Crippen molar-refractivity contribution < 1.29 is 14.3 Å². The molecule has 0 unspecified atom stereocenters. The van der Waals surface area contributed by atoms with Gasteiger partial charge in [0, 0.05) is 0 Å². The van der Waals surface area contributed by atoms with Gasteiger partial charge in [0.05, 0.1) is 16.8 Å². The minimum atomic E-state index is -0.764. The number of terminal acetylenes is 1. The molecule has 2 heterocycles. The summed E-state index contributed by atoms with van der Waals surface area (Å²) in [5, 5.41) is 0. The van der Waals surface area contributed by atoms with Crippen LogP contribution in [0.15, 0.2) is 53.5 Å². The number of aromatic nitrogens is 1. The first-order valence-electron chi connectivity index (χ1n) is 7.75. The summed E-state index contributed by atoms with van der Waals surface area (Å²) < 4.78 is 14.2. The van der Waals surface area contributed by atoms with Crippen LogP contribution in [-0.4, -0.2) is 23.2 Å². The molecule has 0 N–H and O–H groups in total. The number of carbonyl (C=O) groups excluding carboxylic acids is 1. The summed E-state index contributed by atoms with van der Waals surface area (Å²) in [6.07, 6.45) is 4.70. The Bertz CT molecular complexity index is 1060. The van der Waals surface area contributed by atoms with Crippen molar-refractivity contribution in [2.75, 3.05) is 6.61 Å². The largest absolute Gasteiger partial charge is 0.485 e. The van der Waals surface area contributed by atoms with Crippen LogP contribution < -0.4 is 14.3 Å². The van der Waals surface area contributed by atoms with Crippen LogP contribution in [-0.2, 0) is 11.3 Å². The molecule has 0 spiro atoms. The summed E-state index contributed by atoms with van der Waals surface area (Å²) in [4.78, 5) is 17.4. The number of hydrogen-bond acceptors (Lipinski definition) is 4. The minimum Gasteiger partial charge on any atom is -0.485 e. The molecule has 25 heavy (non-hydrogen) atoms. The molecule has 2 aromatic carbocycles. The van der Waals surface area contributed by atoms with Crippen molar-refractivity contribution in [3.8, 4) is 23.8 Å². The Labute approximate surface area is 148 Å². The molecule has 0 aliphatic carbocycles. The highest BCUT2D eigenvalue weighted by Crippen LogP contribution is 2.31. The Morgan fingerprint density at radius 1 is 1.24 bits per heavy atom. The van der Waals surface area contributed by atoms with Crippen LogP contribution in [0.3, 0.4) is 0 Å². The van der Waals surface area contributed by atoms with Crippen LogP contribution in [0.5, 0.6) is 11.5 Å². The van der Waals surface area contributed by atoms with Gasteiger partial charge in [-0.15, -0.1) is 6.42 Å². The van der Waals surface area contributed by atoms with E-state index in [1.807, 2.05) is 41.0 Å². The molecule has 0 fully saturated rings. The lowest BCUT2D eigenvalue weighted by Crippen LogP contribution is -2.36. The highest BCUT2D eigenvalue weighted by atomic mass is 32.1. The van der Waals surface area contributed by atoms with Crippen molar-refractivity contribution >= 4 is 27.5 Å². The molecule has 1 aliphatic rings. The summed E-state index contributed by atoms with van der Waals surface area (Å²) in [5.74, 6) is 3.41. The van der Waals surface area contributed by atoms with E-state index in [4.69, 9.17) is 15.9 Å². The standard InChI is InChI=1S/C19H14N2O3S/c1-2-11-21-13-7-3-6-10-17(13)25-19(21)20-18(22)16-12-23-14-8-4-5-9-15(14)24-16/h1,3-10,16H,11-12H2/t16-/m1/s1. The number of rotatable bonds is 2. The molecule has 1 aliphatic heterocycles. The first-order valence-corrected chi connectivity index (χ1v) is 8.57. The third kappa shape index (κ3) is 2.90. The predicted octanol–water partition coefficient (Wildman–Crippen LogP) is 2.60. The van der Waals surface area contributed by atoms with E-state index in [2.05, 4.69) is 10.9 Å². The first-order chi connectivity index (χ1) is 12.3. The lowest BCUT2D eigenvalue weighted by atomic mass is 10.2. The van der Waals surface area contributed by atoms with Crippen LogP contribution in [0.1, 0.15) is 0 Å². The Kier molecular flexibility index (Phi) is 4.00. The molecule has 1 atom stereocenters. The van der Waals surface area contributed by atoms with Gasteiger partial charge in [0.1, 0.15) is 6.61 Å². The number of fused-ring (bicyclic) bond motifs is 2. The van der Waals surface area contributed by atoms with Crippen molar-refractivity contribution in [3.05, 3.63) is 53.3 Å². The van der Waals surface area contributed by atoms with Crippen molar-refractivity contribution in [1.29, 1.82) is 0 Å². The maximum atomic E-state index is 12.6. The van der Waals surface area contributed by atoms with E-state index >= 15 is 0 Å². The summed E-state index contributed by atoms with van der Waals surface area (Å²) in [5.41, 5.74) is 0.961. The second kappa shape index (κ2) is 6.46. The normalized spacial score (nSPS) is 16.6. The van der Waals surface area contributed by atoms with Crippen LogP contribution in [0, 0.1) is 12.3 Å². The molecule has 0 bridgehead atoms. The minimum absolute atomic E-state index is 0.138. The molecule has 1 aromatic heterocycles. The van der Waals surface area contributed by atoms with E-state index in [1.165, 1.54) is 11.3 Å². The number of carbonyl (C=O) groups is 1. The van der Waals surface area contributed by atoms with E-state index in [0.717, 1.165) is 10.2 Å². The fourth-order valence-corrected chi connectivity index (χ4v) is 3.69. The maximum Gasteiger partial charge on any atom is 0.292 e. The average Bonchev–Trinajstić information content (AvgIpc) is 2.99. The second-order valence-corrected chi connectivity index (χ2v) is 6.47. The number of amides is 1. The summed E-state index contributed by atoms with van der Waals surface area (Å²) in [7, 11) is 0. The summed E-state index contributed by atoms with van der Waals surface area (Å²) in [6.45, 7) is 0.486. The Balaban J connectivity index is 1.69. The molecule has 0 radical (unpaired) electrons. The second-order valence-electron chi connectivity index (χ2n) is 5.46. The molecule has 5 nitrogen and oxygen atoms in total. The van der Waals surface area contributed by atoms with E-state index < -0.39 is 6.10 Å². The van der Waals surface area contributed by atoms with Gasteiger partial charge in [-0.05, 0) is 24.3 Å². The lowest BCUT2D eigenvalue weighted by molar-refractivity contribution is -0.127. The number of nitrogens with zero attached hydrogens (tertiary/aromatic N) is 2. The highest BCUT2D eigenvalue weighted by molar-refractivity contribution is 7.16. The predicted molar refractivity (Wildman–Crippen MR) is 95.6 cm³/mol. The van der Waals surface area contributed by atoms with Crippen LogP contribution in [0.4, 0.5) is 0 Å². The van der Waals surface area contributed by atoms with Crippen molar-refractivity contribution in [2.45, 2.75) is 12.6 Å². The molecule has 1 amide bonds. The Morgan fingerprint density at radius 3 is 2.84 bits per heavy atom. The van der Waals surface area contributed by atoms with Gasteiger partial charge >= 0.3 is 0 Å². The molecule has 3 aromatic rings. The average molecular weight is 350 g/mol. The SMILES string of the molecule is C#CCn1c(=NC(=O)[C@H]2COc3ccccc3O2)sc2ccccc21. The third-order valence-corrected chi connectivity index (χ3v) is 4.89. The quantitative estimate of drug-likeness (QED) is 0.668. The van der Waals surface area contributed by atoms with Gasteiger partial charge in [-0.2, -0.15) is 4.99 Å². The van der Waals surface area contributed by atoms with E-state index in [9.17, 15) is 4.79 Å². The van der Waals surface area contributed by atoms with Crippen molar-refractivity contribution in [2.24, 2.45) is 4.99 Å². The van der Waals surface area contributed by atoms with Gasteiger partial charge in [0.25, 0.3) is 5.91 Å². The molecular formula is C19H14N2O3S. The van der Waals surface area contributed by atoms with E-state index in [1.54, 1.807) is 12.1 Å². The number of ether oxygens (including phenoxy) is 2. The fourth-order valence-electron chi connectivity index (χ4n) is 2.66. The van der Waals surface area contributed by atoms with Gasteiger partial charge in [-0.1, -0.05) is 41.5 Å². The van der Waals surface area contributed by atoms with Crippen LogP contribution >= 0.6 is 11.3 Å². The number of para-hydroxylation sites is 3. The van der Waals surface area contributed by atoms with Crippen molar-refractivity contribution in [3.63, 3.8) is 0 Å². The smallest absolute Gasteiger partial charge is 0.292 e. The van der Waals surface area contributed by atoms with Gasteiger partial charge < -0.3 is 14.0 Å². The first kappa shape index (κ1) is 15.5. The van der Waals surface area contributed by atoms with Gasteiger partial charge in [-0.25, -0.2) is 0 Å². The topological polar surface area (TPSA) is 52.8 Å².